The summed E-state index contributed by atoms with van der Waals surface area (Å²) in [6.45, 7) is 4.47. The maximum Gasteiger partial charge on any atom is -0.00734 e. The van der Waals surface area contributed by atoms with Crippen LogP contribution in [0.3, 0.4) is 0 Å². The lowest BCUT2D eigenvalue weighted by molar-refractivity contribution is 1.11. The molecule has 104 valence electrons. The van der Waals surface area contributed by atoms with Gasteiger partial charge >= 0.3 is 0 Å². The van der Waals surface area contributed by atoms with Crippen LogP contribution in [0.5, 0.6) is 0 Å². The molecule has 0 unspecified atom stereocenters. The SMILES string of the molecule is CCc1ccc(-c2ccccc2)c(-c2ccccc2)c1C. The summed E-state index contributed by atoms with van der Waals surface area (Å²) in [6.07, 6.45) is 1.07. The van der Waals surface area contributed by atoms with Crippen LogP contribution in [0.1, 0.15) is 18.1 Å². The van der Waals surface area contributed by atoms with Gasteiger partial charge in [0.25, 0.3) is 0 Å². The van der Waals surface area contributed by atoms with Crippen molar-refractivity contribution < 1.29 is 0 Å². The van der Waals surface area contributed by atoms with Gasteiger partial charge in [0, 0.05) is 0 Å². The van der Waals surface area contributed by atoms with E-state index < -0.39 is 0 Å². The van der Waals surface area contributed by atoms with Gasteiger partial charge in [-0.3, -0.25) is 0 Å². The van der Waals surface area contributed by atoms with Crippen LogP contribution in [-0.2, 0) is 6.42 Å². The smallest absolute Gasteiger partial charge is 0.00734 e. The first kappa shape index (κ1) is 13.6. The zero-order valence-electron chi connectivity index (χ0n) is 12.6. The van der Waals surface area contributed by atoms with Crippen molar-refractivity contribution in [2.45, 2.75) is 20.3 Å². The van der Waals surface area contributed by atoms with E-state index in [1.807, 2.05) is 0 Å². The van der Waals surface area contributed by atoms with Crippen LogP contribution >= 0.6 is 0 Å². The molecule has 0 bridgehead atoms. The van der Waals surface area contributed by atoms with Gasteiger partial charge < -0.3 is 0 Å². The molecule has 0 aliphatic heterocycles. The second kappa shape index (κ2) is 5.97. The lowest BCUT2D eigenvalue weighted by atomic mass is 9.88. The monoisotopic (exact) mass is 272 g/mol. The fourth-order valence-corrected chi connectivity index (χ4v) is 2.97. The second-order valence-electron chi connectivity index (χ2n) is 5.36. The highest BCUT2D eigenvalue weighted by atomic mass is 14.2. The maximum absolute atomic E-state index is 2.27. The summed E-state index contributed by atoms with van der Waals surface area (Å²) in [5.41, 5.74) is 8.07. The molecule has 0 heteroatoms. The summed E-state index contributed by atoms with van der Waals surface area (Å²) in [4.78, 5) is 0. The summed E-state index contributed by atoms with van der Waals surface area (Å²) in [6, 6.07) is 25.9. The number of benzene rings is 3. The van der Waals surface area contributed by atoms with Crippen molar-refractivity contribution in [1.29, 1.82) is 0 Å². The first-order valence-corrected chi connectivity index (χ1v) is 7.54. The van der Waals surface area contributed by atoms with Crippen molar-refractivity contribution in [2.24, 2.45) is 0 Å². The van der Waals surface area contributed by atoms with Gasteiger partial charge in [-0.15, -0.1) is 0 Å². The summed E-state index contributed by atoms with van der Waals surface area (Å²) in [5, 5.41) is 0. The predicted molar refractivity (Wildman–Crippen MR) is 91.4 cm³/mol. The highest BCUT2D eigenvalue weighted by Crippen LogP contribution is 2.36. The quantitative estimate of drug-likeness (QED) is 0.557. The van der Waals surface area contributed by atoms with E-state index in [2.05, 4.69) is 86.6 Å². The van der Waals surface area contributed by atoms with Crippen LogP contribution in [0.2, 0.25) is 0 Å². The Kier molecular flexibility index (Phi) is 3.87. The lowest BCUT2D eigenvalue weighted by Gasteiger charge is -2.16. The van der Waals surface area contributed by atoms with Crippen LogP contribution in [0.15, 0.2) is 72.8 Å². The Morgan fingerprint density at radius 2 is 1.24 bits per heavy atom. The molecule has 3 aromatic rings. The predicted octanol–water partition coefficient (Wildman–Crippen LogP) is 5.89. The average Bonchev–Trinajstić information content (AvgIpc) is 2.56. The molecule has 0 heterocycles. The Bertz CT molecular complexity index is 725. The van der Waals surface area contributed by atoms with E-state index in [0.717, 1.165) is 6.42 Å². The zero-order valence-corrected chi connectivity index (χ0v) is 12.6. The van der Waals surface area contributed by atoms with Crippen LogP contribution in [0, 0.1) is 6.92 Å². The summed E-state index contributed by atoms with van der Waals surface area (Å²) in [7, 11) is 0. The first-order chi connectivity index (χ1) is 10.3. The Morgan fingerprint density at radius 3 is 1.81 bits per heavy atom. The van der Waals surface area contributed by atoms with E-state index in [-0.39, 0.29) is 0 Å². The molecule has 0 aliphatic rings. The van der Waals surface area contributed by atoms with Gasteiger partial charge in [-0.25, -0.2) is 0 Å². The van der Waals surface area contributed by atoms with Crippen molar-refractivity contribution in [3.05, 3.63) is 83.9 Å². The fourth-order valence-electron chi connectivity index (χ4n) is 2.97. The van der Waals surface area contributed by atoms with Crippen molar-refractivity contribution in [3.63, 3.8) is 0 Å². The summed E-state index contributed by atoms with van der Waals surface area (Å²) < 4.78 is 0. The highest BCUT2D eigenvalue weighted by molar-refractivity contribution is 5.86. The molecule has 0 amide bonds. The molecule has 0 aromatic heterocycles. The molecule has 0 saturated heterocycles. The molecule has 0 spiro atoms. The molecule has 0 fully saturated rings. The van der Waals surface area contributed by atoms with Gasteiger partial charge in [-0.1, -0.05) is 79.7 Å². The van der Waals surface area contributed by atoms with Gasteiger partial charge in [0.1, 0.15) is 0 Å². The number of aryl methyl sites for hydroxylation is 1. The minimum Gasteiger partial charge on any atom is -0.0622 e. The molecule has 3 aromatic carbocycles. The van der Waals surface area contributed by atoms with E-state index in [0.29, 0.717) is 0 Å². The molecule has 0 atom stereocenters. The zero-order chi connectivity index (χ0) is 14.7. The lowest BCUT2D eigenvalue weighted by Crippen LogP contribution is -1.94. The largest absolute Gasteiger partial charge is 0.0622 e. The summed E-state index contributed by atoms with van der Waals surface area (Å²) >= 11 is 0. The van der Waals surface area contributed by atoms with Crippen LogP contribution in [0.25, 0.3) is 22.3 Å². The number of rotatable bonds is 3. The normalized spacial score (nSPS) is 10.6. The van der Waals surface area contributed by atoms with Gasteiger partial charge in [0.2, 0.25) is 0 Å². The Labute approximate surface area is 127 Å². The average molecular weight is 272 g/mol. The van der Waals surface area contributed by atoms with E-state index in [4.69, 9.17) is 0 Å². The highest BCUT2D eigenvalue weighted by Gasteiger charge is 2.12. The Hall–Kier alpha value is -2.34. The van der Waals surface area contributed by atoms with Gasteiger partial charge in [0.15, 0.2) is 0 Å². The molecular weight excluding hydrogens is 252 g/mol. The molecule has 0 N–H and O–H groups in total. The summed E-state index contributed by atoms with van der Waals surface area (Å²) in [5.74, 6) is 0. The first-order valence-electron chi connectivity index (χ1n) is 7.54. The maximum atomic E-state index is 2.27. The van der Waals surface area contributed by atoms with E-state index in [1.165, 1.54) is 33.4 Å². The molecule has 21 heavy (non-hydrogen) atoms. The third kappa shape index (κ3) is 2.62. The van der Waals surface area contributed by atoms with Crippen LogP contribution in [-0.4, -0.2) is 0 Å². The topological polar surface area (TPSA) is 0 Å². The molecular formula is C21H20. The van der Waals surface area contributed by atoms with E-state index in [9.17, 15) is 0 Å². The molecule has 0 aliphatic carbocycles. The van der Waals surface area contributed by atoms with Crippen molar-refractivity contribution in [1.82, 2.24) is 0 Å². The van der Waals surface area contributed by atoms with Crippen LogP contribution < -0.4 is 0 Å². The fraction of sp³-hybridized carbons (Fsp3) is 0.143. The molecule has 0 radical (unpaired) electrons. The number of hydrogen-bond donors (Lipinski definition) is 0. The van der Waals surface area contributed by atoms with Crippen molar-refractivity contribution in [2.75, 3.05) is 0 Å². The Morgan fingerprint density at radius 1 is 0.667 bits per heavy atom. The minimum atomic E-state index is 1.07. The van der Waals surface area contributed by atoms with Crippen molar-refractivity contribution >= 4 is 0 Å². The minimum absolute atomic E-state index is 1.07. The van der Waals surface area contributed by atoms with E-state index in [1.54, 1.807) is 0 Å². The third-order valence-electron chi connectivity index (χ3n) is 4.11. The van der Waals surface area contributed by atoms with Gasteiger partial charge in [-0.05, 0) is 46.7 Å². The molecule has 0 nitrogen and oxygen atoms in total. The van der Waals surface area contributed by atoms with Crippen molar-refractivity contribution in [3.8, 4) is 22.3 Å². The van der Waals surface area contributed by atoms with E-state index >= 15 is 0 Å². The van der Waals surface area contributed by atoms with Crippen LogP contribution in [0.4, 0.5) is 0 Å². The third-order valence-corrected chi connectivity index (χ3v) is 4.11. The van der Waals surface area contributed by atoms with Gasteiger partial charge in [-0.2, -0.15) is 0 Å². The Balaban J connectivity index is 2.28. The van der Waals surface area contributed by atoms with Gasteiger partial charge in [0.05, 0.1) is 0 Å². The molecule has 0 saturated carbocycles. The number of hydrogen-bond acceptors (Lipinski definition) is 0. The standard InChI is InChI=1S/C21H20/c1-3-17-14-15-20(18-10-6-4-7-11-18)21(16(17)2)19-12-8-5-9-13-19/h4-15H,3H2,1-2H3. The molecule has 3 rings (SSSR count). The second-order valence-corrected chi connectivity index (χ2v) is 5.36.